The highest BCUT2D eigenvalue weighted by Gasteiger charge is 2.41. The number of anilines is 1. The van der Waals surface area contributed by atoms with Gasteiger partial charge in [0, 0.05) is 12.2 Å². The van der Waals surface area contributed by atoms with Gasteiger partial charge in [-0.1, -0.05) is 74.0 Å². The van der Waals surface area contributed by atoms with Gasteiger partial charge in [-0.15, -0.1) is 0 Å². The Kier molecular flexibility index (Phi) is 6.14. The zero-order chi connectivity index (χ0) is 20.1. The molecule has 0 saturated carbocycles. The predicted octanol–water partition coefficient (Wildman–Crippen LogP) is 4.07. The van der Waals surface area contributed by atoms with Crippen molar-refractivity contribution in [1.29, 1.82) is 0 Å². The fourth-order valence-electron chi connectivity index (χ4n) is 3.19. The number of carbonyl (C=O) groups excluding carboxylic acids is 2. The fraction of sp³-hybridized carbons (Fsp3) is 0.304. The summed E-state index contributed by atoms with van der Waals surface area (Å²) in [5.74, 6) is 0.0258. The van der Waals surface area contributed by atoms with Crippen molar-refractivity contribution in [1.82, 2.24) is 10.2 Å². The number of aryl methyl sites for hydroxylation is 1. The molecular formula is C23H27N3O2. The van der Waals surface area contributed by atoms with Gasteiger partial charge in [0.25, 0.3) is 5.91 Å². The standard InChI is InChI=1S/C23H27N3O2/c1-16(2)15-26-22(27)21(25-23(26)28)20(14-11-18-7-5-4-6-8-18)24-19-12-9-17(3)10-13-19/h4-14,16,20-21,24H,15H2,1-3H3,(H,25,28)/b14-11+/t20-,21-/m1/s1. The van der Waals surface area contributed by atoms with Gasteiger partial charge in [0.1, 0.15) is 6.04 Å². The maximum atomic E-state index is 12.9. The van der Waals surface area contributed by atoms with Gasteiger partial charge in [0.15, 0.2) is 0 Å². The van der Waals surface area contributed by atoms with Gasteiger partial charge in [0.2, 0.25) is 0 Å². The number of nitrogens with zero attached hydrogens (tertiary/aromatic N) is 1. The van der Waals surface area contributed by atoms with Crippen molar-refractivity contribution in [3.05, 3.63) is 71.8 Å². The number of hydrogen-bond donors (Lipinski definition) is 2. The largest absolute Gasteiger partial charge is 0.376 e. The van der Waals surface area contributed by atoms with Gasteiger partial charge in [0.05, 0.1) is 6.04 Å². The van der Waals surface area contributed by atoms with Crippen LogP contribution in [0.5, 0.6) is 0 Å². The maximum absolute atomic E-state index is 12.9. The predicted molar refractivity (Wildman–Crippen MR) is 113 cm³/mol. The van der Waals surface area contributed by atoms with Crippen LogP contribution in [0.15, 0.2) is 60.7 Å². The van der Waals surface area contributed by atoms with Gasteiger partial charge in [-0.05, 0) is 30.5 Å². The van der Waals surface area contributed by atoms with Crippen LogP contribution in [0.1, 0.15) is 25.0 Å². The summed E-state index contributed by atoms with van der Waals surface area (Å²) in [5, 5.41) is 6.25. The summed E-state index contributed by atoms with van der Waals surface area (Å²) in [4.78, 5) is 26.6. The van der Waals surface area contributed by atoms with Gasteiger partial charge >= 0.3 is 6.03 Å². The Hall–Kier alpha value is -3.08. The number of amides is 3. The molecule has 146 valence electrons. The van der Waals surface area contributed by atoms with Crippen molar-refractivity contribution >= 4 is 23.7 Å². The summed E-state index contributed by atoms with van der Waals surface area (Å²) in [6, 6.07) is 16.5. The third-order valence-corrected chi connectivity index (χ3v) is 4.64. The quantitative estimate of drug-likeness (QED) is 0.715. The molecule has 28 heavy (non-hydrogen) atoms. The Labute approximate surface area is 166 Å². The second-order valence-corrected chi connectivity index (χ2v) is 7.58. The molecule has 0 unspecified atom stereocenters. The highest BCUT2D eigenvalue weighted by molar-refractivity contribution is 6.05. The molecule has 1 aliphatic rings. The lowest BCUT2D eigenvalue weighted by Gasteiger charge is -2.22. The lowest BCUT2D eigenvalue weighted by molar-refractivity contribution is -0.127. The smallest absolute Gasteiger partial charge is 0.324 e. The second-order valence-electron chi connectivity index (χ2n) is 7.58. The summed E-state index contributed by atoms with van der Waals surface area (Å²) in [6.45, 7) is 6.43. The number of imide groups is 1. The van der Waals surface area contributed by atoms with E-state index in [9.17, 15) is 9.59 Å². The average Bonchev–Trinajstić information content (AvgIpc) is 2.95. The van der Waals surface area contributed by atoms with Crippen LogP contribution < -0.4 is 10.6 Å². The average molecular weight is 377 g/mol. The third kappa shape index (κ3) is 4.80. The molecule has 0 bridgehead atoms. The van der Waals surface area contributed by atoms with Gasteiger partial charge in [-0.25, -0.2) is 4.79 Å². The minimum Gasteiger partial charge on any atom is -0.376 e. The Morgan fingerprint density at radius 1 is 1.07 bits per heavy atom. The van der Waals surface area contributed by atoms with Crippen LogP contribution in [0.4, 0.5) is 10.5 Å². The van der Waals surface area contributed by atoms with Crippen LogP contribution in [0, 0.1) is 12.8 Å². The first-order chi connectivity index (χ1) is 13.4. The molecule has 0 aromatic heterocycles. The lowest BCUT2D eigenvalue weighted by Crippen LogP contribution is -2.44. The molecule has 2 N–H and O–H groups in total. The normalized spacial score (nSPS) is 18.0. The van der Waals surface area contributed by atoms with Gasteiger partial charge in [-0.2, -0.15) is 0 Å². The molecule has 1 aliphatic heterocycles. The van der Waals surface area contributed by atoms with E-state index in [2.05, 4.69) is 10.6 Å². The molecule has 2 atom stereocenters. The van der Waals surface area contributed by atoms with Crippen molar-refractivity contribution in [3.8, 4) is 0 Å². The van der Waals surface area contributed by atoms with E-state index in [1.54, 1.807) is 0 Å². The minimum atomic E-state index is -0.646. The number of nitrogens with one attached hydrogen (secondary N) is 2. The summed E-state index contributed by atoms with van der Waals surface area (Å²) in [7, 11) is 0. The van der Waals surface area contributed by atoms with E-state index < -0.39 is 6.04 Å². The summed E-state index contributed by atoms with van der Waals surface area (Å²) >= 11 is 0. The Morgan fingerprint density at radius 2 is 1.75 bits per heavy atom. The molecule has 1 saturated heterocycles. The molecule has 0 spiro atoms. The number of carbonyl (C=O) groups is 2. The summed E-state index contributed by atoms with van der Waals surface area (Å²) in [6.07, 6.45) is 3.91. The number of hydrogen-bond acceptors (Lipinski definition) is 3. The van der Waals surface area contributed by atoms with E-state index in [0.29, 0.717) is 6.54 Å². The van der Waals surface area contributed by atoms with Gasteiger partial charge in [-0.3, -0.25) is 9.69 Å². The summed E-state index contributed by atoms with van der Waals surface area (Å²) < 4.78 is 0. The van der Waals surface area contributed by atoms with Crippen molar-refractivity contribution < 1.29 is 9.59 Å². The first-order valence-electron chi connectivity index (χ1n) is 9.62. The van der Waals surface area contributed by atoms with Crippen molar-refractivity contribution in [2.45, 2.75) is 32.9 Å². The van der Waals surface area contributed by atoms with E-state index in [4.69, 9.17) is 0 Å². The van der Waals surface area contributed by atoms with Crippen molar-refractivity contribution in [2.75, 3.05) is 11.9 Å². The molecule has 1 heterocycles. The SMILES string of the molecule is Cc1ccc(N[C@H](/C=C/c2ccccc2)[C@H]2NC(=O)N(CC(C)C)C2=O)cc1. The van der Waals surface area contributed by atoms with Crippen molar-refractivity contribution in [3.63, 3.8) is 0 Å². The molecule has 0 aliphatic carbocycles. The fourth-order valence-corrected chi connectivity index (χ4v) is 3.19. The molecule has 1 fully saturated rings. The Morgan fingerprint density at radius 3 is 2.39 bits per heavy atom. The summed E-state index contributed by atoms with van der Waals surface area (Å²) in [5.41, 5.74) is 3.10. The molecule has 5 heteroatoms. The maximum Gasteiger partial charge on any atom is 0.324 e. The van der Waals surface area contributed by atoms with Crippen LogP contribution in [-0.2, 0) is 4.79 Å². The Balaban J connectivity index is 1.85. The molecule has 5 nitrogen and oxygen atoms in total. The highest BCUT2D eigenvalue weighted by Crippen LogP contribution is 2.18. The lowest BCUT2D eigenvalue weighted by atomic mass is 10.0. The number of rotatable bonds is 7. The van der Waals surface area contributed by atoms with Crippen LogP contribution in [0.25, 0.3) is 6.08 Å². The molecule has 0 radical (unpaired) electrons. The second kappa shape index (κ2) is 8.74. The molecule has 2 aromatic rings. The first kappa shape index (κ1) is 19.7. The monoisotopic (exact) mass is 377 g/mol. The Bertz CT molecular complexity index is 844. The van der Waals surface area contributed by atoms with Crippen molar-refractivity contribution in [2.24, 2.45) is 5.92 Å². The highest BCUT2D eigenvalue weighted by atomic mass is 16.2. The van der Waals surface area contributed by atoms with E-state index in [-0.39, 0.29) is 23.9 Å². The minimum absolute atomic E-state index is 0.193. The molecule has 3 rings (SSSR count). The van der Waals surface area contributed by atoms with E-state index in [1.165, 1.54) is 4.90 Å². The third-order valence-electron chi connectivity index (χ3n) is 4.64. The van der Waals surface area contributed by atoms with Crippen LogP contribution in [0.3, 0.4) is 0 Å². The molecular weight excluding hydrogens is 350 g/mol. The van der Waals surface area contributed by atoms with Crippen LogP contribution in [0.2, 0.25) is 0 Å². The van der Waals surface area contributed by atoms with Crippen LogP contribution >= 0.6 is 0 Å². The number of benzene rings is 2. The molecule has 2 aromatic carbocycles. The van der Waals surface area contributed by atoms with E-state index in [1.807, 2.05) is 87.5 Å². The zero-order valence-corrected chi connectivity index (χ0v) is 16.6. The van der Waals surface area contributed by atoms with Gasteiger partial charge < -0.3 is 10.6 Å². The zero-order valence-electron chi connectivity index (χ0n) is 16.6. The molecule has 3 amide bonds. The van der Waals surface area contributed by atoms with Crippen LogP contribution in [-0.4, -0.2) is 35.5 Å². The van der Waals surface area contributed by atoms with E-state index >= 15 is 0 Å². The first-order valence-corrected chi connectivity index (χ1v) is 9.62. The van der Waals surface area contributed by atoms with E-state index in [0.717, 1.165) is 16.8 Å². The topological polar surface area (TPSA) is 61.4 Å². The number of urea groups is 1.